The van der Waals surface area contributed by atoms with Crippen LogP contribution in [0.4, 0.5) is 18.9 Å². The highest BCUT2D eigenvalue weighted by Crippen LogP contribution is 2.40. The fourth-order valence-electron chi connectivity index (χ4n) is 3.53. The Balaban J connectivity index is 2.00. The molecule has 1 aromatic heterocycles. The van der Waals surface area contributed by atoms with Crippen molar-refractivity contribution in [1.29, 1.82) is 16.1 Å². The standard InChI is InChI=1S/C20H19F3N6/c1-28(12-25)19(26)16-7-8-29(11-20(16,22)23)18-13(9-24)3-2-4-15(18)14-5-6-17(21)27-10-14/h2-6,10,12,16,25-26H,7-8,11H2,1H3. The number of alkyl halides is 2. The van der Waals surface area contributed by atoms with Gasteiger partial charge in [-0.05, 0) is 24.6 Å². The number of piperidine rings is 1. The monoisotopic (exact) mass is 400 g/mol. The second kappa shape index (κ2) is 7.91. The average molecular weight is 400 g/mol. The van der Waals surface area contributed by atoms with E-state index in [1.165, 1.54) is 30.3 Å². The number of benzene rings is 1. The Morgan fingerprint density at radius 3 is 2.72 bits per heavy atom. The first-order chi connectivity index (χ1) is 13.8. The normalized spacial score (nSPS) is 18.0. The molecule has 1 atom stereocenters. The van der Waals surface area contributed by atoms with E-state index in [0.717, 1.165) is 11.2 Å². The van der Waals surface area contributed by atoms with Crippen molar-refractivity contribution in [2.24, 2.45) is 5.92 Å². The van der Waals surface area contributed by atoms with E-state index in [0.29, 0.717) is 16.8 Å². The van der Waals surface area contributed by atoms with Crippen molar-refractivity contribution in [1.82, 2.24) is 9.88 Å². The second-order valence-corrected chi connectivity index (χ2v) is 6.83. The third-order valence-electron chi connectivity index (χ3n) is 5.01. The molecule has 2 N–H and O–H groups in total. The molecule has 0 bridgehead atoms. The molecule has 0 spiro atoms. The van der Waals surface area contributed by atoms with E-state index in [1.54, 1.807) is 18.2 Å². The maximum Gasteiger partial charge on any atom is 0.274 e. The molecule has 0 amide bonds. The van der Waals surface area contributed by atoms with E-state index < -0.39 is 24.3 Å². The summed E-state index contributed by atoms with van der Waals surface area (Å²) in [4.78, 5) is 6.12. The van der Waals surface area contributed by atoms with Gasteiger partial charge in [-0.25, -0.2) is 13.8 Å². The Bertz CT molecular complexity index is 967. The average Bonchev–Trinajstić information content (AvgIpc) is 2.71. The van der Waals surface area contributed by atoms with Gasteiger partial charge in [-0.15, -0.1) is 0 Å². The van der Waals surface area contributed by atoms with E-state index in [9.17, 15) is 18.4 Å². The predicted octanol–water partition coefficient (Wildman–Crippen LogP) is 3.74. The molecule has 150 valence electrons. The van der Waals surface area contributed by atoms with Crippen molar-refractivity contribution in [3.05, 3.63) is 48.0 Å². The van der Waals surface area contributed by atoms with Gasteiger partial charge in [-0.2, -0.15) is 9.65 Å². The van der Waals surface area contributed by atoms with Crippen molar-refractivity contribution >= 4 is 17.9 Å². The number of nitrogens with one attached hydrogen (secondary N) is 2. The lowest BCUT2D eigenvalue weighted by molar-refractivity contribution is -0.0410. The lowest BCUT2D eigenvalue weighted by Gasteiger charge is -2.41. The van der Waals surface area contributed by atoms with E-state index >= 15 is 0 Å². The Kier molecular flexibility index (Phi) is 5.55. The number of pyridine rings is 1. The highest BCUT2D eigenvalue weighted by molar-refractivity contribution is 5.91. The van der Waals surface area contributed by atoms with Crippen molar-refractivity contribution < 1.29 is 13.2 Å². The quantitative estimate of drug-likeness (QED) is 0.465. The van der Waals surface area contributed by atoms with E-state index in [-0.39, 0.29) is 24.4 Å². The number of nitriles is 1. The smallest absolute Gasteiger partial charge is 0.274 e. The number of para-hydroxylation sites is 1. The summed E-state index contributed by atoms with van der Waals surface area (Å²) in [5.74, 6) is -5.53. The molecule has 2 heterocycles. The first kappa shape index (κ1) is 20.3. The lowest BCUT2D eigenvalue weighted by Crippen LogP contribution is -2.54. The zero-order valence-corrected chi connectivity index (χ0v) is 15.7. The molecule has 29 heavy (non-hydrogen) atoms. The van der Waals surface area contributed by atoms with Crippen LogP contribution in [0, 0.1) is 34.0 Å². The van der Waals surface area contributed by atoms with Crippen LogP contribution in [-0.4, -0.2) is 48.1 Å². The van der Waals surface area contributed by atoms with Crippen molar-refractivity contribution in [3.63, 3.8) is 0 Å². The molecule has 0 radical (unpaired) electrons. The number of aromatic nitrogens is 1. The highest BCUT2D eigenvalue weighted by Gasteiger charge is 2.48. The first-order valence-electron chi connectivity index (χ1n) is 8.88. The SMILES string of the molecule is CN(C=N)C(=N)C1CCN(c2c(C#N)cccc2-c2ccc(F)nc2)CC1(F)F. The van der Waals surface area contributed by atoms with Crippen LogP contribution in [0.25, 0.3) is 11.1 Å². The maximum atomic E-state index is 14.9. The number of rotatable bonds is 4. The molecule has 0 aliphatic carbocycles. The van der Waals surface area contributed by atoms with Crippen LogP contribution in [0.3, 0.4) is 0 Å². The highest BCUT2D eigenvalue weighted by atomic mass is 19.3. The molecule has 1 unspecified atom stereocenters. The molecule has 1 fully saturated rings. The maximum absolute atomic E-state index is 14.9. The van der Waals surface area contributed by atoms with Crippen LogP contribution in [0.15, 0.2) is 36.5 Å². The van der Waals surface area contributed by atoms with Gasteiger partial charge >= 0.3 is 0 Å². The van der Waals surface area contributed by atoms with Gasteiger partial charge < -0.3 is 9.80 Å². The largest absolute Gasteiger partial charge is 0.364 e. The molecule has 1 aliphatic rings. The Morgan fingerprint density at radius 2 is 2.14 bits per heavy atom. The number of hydrogen-bond donors (Lipinski definition) is 2. The van der Waals surface area contributed by atoms with Gasteiger partial charge in [-0.3, -0.25) is 10.8 Å². The molecular formula is C20H19F3N6. The second-order valence-electron chi connectivity index (χ2n) is 6.83. The molecule has 0 saturated carbocycles. The zero-order valence-electron chi connectivity index (χ0n) is 15.7. The van der Waals surface area contributed by atoms with Gasteiger partial charge in [0.05, 0.1) is 30.1 Å². The van der Waals surface area contributed by atoms with Crippen molar-refractivity contribution in [2.45, 2.75) is 12.3 Å². The lowest BCUT2D eigenvalue weighted by atomic mass is 9.89. The van der Waals surface area contributed by atoms with Crippen LogP contribution in [0.5, 0.6) is 0 Å². The van der Waals surface area contributed by atoms with Crippen molar-refractivity contribution in [3.8, 4) is 17.2 Å². The first-order valence-corrected chi connectivity index (χ1v) is 8.88. The molecule has 2 aromatic rings. The van der Waals surface area contributed by atoms with Gasteiger partial charge in [-0.1, -0.05) is 12.1 Å². The minimum Gasteiger partial charge on any atom is -0.364 e. The van der Waals surface area contributed by atoms with Crippen molar-refractivity contribution in [2.75, 3.05) is 25.0 Å². The topological polar surface area (TPSA) is 90.9 Å². The Morgan fingerprint density at radius 1 is 1.38 bits per heavy atom. The van der Waals surface area contributed by atoms with Crippen LogP contribution >= 0.6 is 0 Å². The molecule has 6 nitrogen and oxygen atoms in total. The summed E-state index contributed by atoms with van der Waals surface area (Å²) < 4.78 is 43.1. The predicted molar refractivity (Wildman–Crippen MR) is 104 cm³/mol. The molecule has 1 saturated heterocycles. The summed E-state index contributed by atoms with van der Waals surface area (Å²) in [6.45, 7) is -0.471. The summed E-state index contributed by atoms with van der Waals surface area (Å²) in [7, 11) is 1.39. The van der Waals surface area contributed by atoms with E-state index in [4.69, 9.17) is 10.8 Å². The summed E-state index contributed by atoms with van der Waals surface area (Å²) in [6.07, 6.45) is 2.12. The van der Waals surface area contributed by atoms with Gasteiger partial charge in [0.1, 0.15) is 11.9 Å². The number of nitrogens with zero attached hydrogens (tertiary/aromatic N) is 4. The minimum atomic E-state index is -3.23. The molecule has 9 heteroatoms. The fraction of sp³-hybridized carbons (Fsp3) is 0.300. The van der Waals surface area contributed by atoms with Crippen LogP contribution in [-0.2, 0) is 0 Å². The van der Waals surface area contributed by atoms with Gasteiger partial charge in [0.2, 0.25) is 5.95 Å². The summed E-state index contributed by atoms with van der Waals surface area (Å²) in [6, 6.07) is 9.57. The van der Waals surface area contributed by atoms with Gasteiger partial charge in [0.15, 0.2) is 0 Å². The summed E-state index contributed by atoms with van der Waals surface area (Å²) in [5.41, 5.74) is 1.60. The number of amidine groups is 1. The van der Waals surface area contributed by atoms with E-state index in [1.807, 2.05) is 6.07 Å². The zero-order chi connectivity index (χ0) is 21.2. The Hall–Kier alpha value is -3.41. The molecule has 3 rings (SSSR count). The number of halogens is 3. The van der Waals surface area contributed by atoms with Gasteiger partial charge in [0, 0.05) is 30.9 Å². The minimum absolute atomic E-state index is 0.00904. The molecular weight excluding hydrogens is 381 g/mol. The summed E-state index contributed by atoms with van der Waals surface area (Å²) in [5, 5.41) is 24.7. The summed E-state index contributed by atoms with van der Waals surface area (Å²) >= 11 is 0. The Labute approximate surface area is 166 Å². The van der Waals surface area contributed by atoms with Crippen LogP contribution in [0.2, 0.25) is 0 Å². The van der Waals surface area contributed by atoms with Gasteiger partial charge in [0.25, 0.3) is 5.92 Å². The van der Waals surface area contributed by atoms with Crippen LogP contribution in [0.1, 0.15) is 12.0 Å². The third-order valence-corrected chi connectivity index (χ3v) is 5.01. The molecule has 1 aliphatic heterocycles. The third kappa shape index (κ3) is 3.92. The fourth-order valence-corrected chi connectivity index (χ4v) is 3.53. The number of hydrogen-bond acceptors (Lipinski definition) is 5. The van der Waals surface area contributed by atoms with E-state index in [2.05, 4.69) is 4.98 Å². The van der Waals surface area contributed by atoms with Crippen LogP contribution < -0.4 is 4.90 Å². The molecule has 1 aromatic carbocycles. The number of anilines is 1.